The molecule has 1 aliphatic heterocycles. The van der Waals surface area contributed by atoms with Crippen LogP contribution in [0.25, 0.3) is 0 Å². The zero-order valence-corrected chi connectivity index (χ0v) is 13.4. The maximum absolute atomic E-state index is 11.7. The Balaban J connectivity index is 1.78. The van der Waals surface area contributed by atoms with Crippen molar-refractivity contribution in [1.29, 1.82) is 0 Å². The number of aryl methyl sites for hydroxylation is 1. The minimum Gasteiger partial charge on any atom is -0.465 e. The topological polar surface area (TPSA) is 64.4 Å². The van der Waals surface area contributed by atoms with E-state index in [1.165, 1.54) is 23.1 Å². The van der Waals surface area contributed by atoms with Gasteiger partial charge in [0.15, 0.2) is 0 Å². The van der Waals surface area contributed by atoms with Crippen LogP contribution in [0.2, 0.25) is 0 Å². The number of carbonyl (C=O) groups excluding carboxylic acids is 1. The Morgan fingerprint density at radius 1 is 1.50 bits per heavy atom. The molecule has 0 aliphatic carbocycles. The minimum atomic E-state index is -0.294. The van der Waals surface area contributed by atoms with Crippen LogP contribution in [-0.4, -0.2) is 34.3 Å². The molecule has 0 bridgehead atoms. The van der Waals surface area contributed by atoms with Crippen molar-refractivity contribution < 1.29 is 9.53 Å². The van der Waals surface area contributed by atoms with E-state index < -0.39 is 0 Å². The number of esters is 1. The number of aromatic nitrogens is 2. The van der Waals surface area contributed by atoms with Crippen molar-refractivity contribution in [1.82, 2.24) is 14.7 Å². The van der Waals surface area contributed by atoms with E-state index in [2.05, 4.69) is 10.00 Å². The number of thiophene rings is 1. The maximum Gasteiger partial charge on any atom is 0.348 e. The molecule has 0 saturated heterocycles. The van der Waals surface area contributed by atoms with Crippen molar-refractivity contribution in [3.63, 3.8) is 0 Å². The van der Waals surface area contributed by atoms with Crippen molar-refractivity contribution in [3.8, 4) is 0 Å². The molecule has 0 unspecified atom stereocenters. The van der Waals surface area contributed by atoms with Crippen LogP contribution in [0.15, 0.2) is 22.3 Å². The highest BCUT2D eigenvalue weighted by atomic mass is 32.1. The number of ether oxygens (including phenoxy) is 1. The van der Waals surface area contributed by atoms with Crippen LogP contribution in [0, 0.1) is 0 Å². The number of nitrogens with zero attached hydrogens (tertiary/aromatic N) is 3. The van der Waals surface area contributed by atoms with Gasteiger partial charge < -0.3 is 4.74 Å². The van der Waals surface area contributed by atoms with E-state index >= 15 is 0 Å². The summed E-state index contributed by atoms with van der Waals surface area (Å²) in [6.07, 6.45) is 0.807. The number of fused-ring (bicyclic) bond motifs is 1. The van der Waals surface area contributed by atoms with Gasteiger partial charge in [0.1, 0.15) is 4.88 Å². The summed E-state index contributed by atoms with van der Waals surface area (Å²) in [5, 5.41) is 6.21. The summed E-state index contributed by atoms with van der Waals surface area (Å²) in [7, 11) is 3.06. The van der Waals surface area contributed by atoms with Gasteiger partial charge in [-0.2, -0.15) is 5.10 Å². The van der Waals surface area contributed by atoms with Gasteiger partial charge in [0.25, 0.3) is 5.56 Å². The lowest BCUT2D eigenvalue weighted by molar-refractivity contribution is 0.0604. The van der Waals surface area contributed by atoms with Crippen molar-refractivity contribution >= 4 is 17.3 Å². The fraction of sp³-hybridized carbons (Fsp3) is 0.400. The van der Waals surface area contributed by atoms with Gasteiger partial charge in [0.2, 0.25) is 0 Å². The van der Waals surface area contributed by atoms with Gasteiger partial charge in [-0.3, -0.25) is 9.69 Å². The third kappa shape index (κ3) is 2.82. The molecule has 3 heterocycles. The van der Waals surface area contributed by atoms with E-state index in [0.29, 0.717) is 18.0 Å². The summed E-state index contributed by atoms with van der Waals surface area (Å²) >= 11 is 1.39. The average molecular weight is 319 g/mol. The normalized spacial score (nSPS) is 14.6. The minimum absolute atomic E-state index is 0.0913. The van der Waals surface area contributed by atoms with Crippen molar-refractivity contribution in [2.75, 3.05) is 13.7 Å². The van der Waals surface area contributed by atoms with E-state index in [1.54, 1.807) is 13.1 Å². The van der Waals surface area contributed by atoms with Crippen LogP contribution in [0.5, 0.6) is 0 Å². The largest absolute Gasteiger partial charge is 0.465 e. The number of hydrogen-bond acceptors (Lipinski definition) is 6. The van der Waals surface area contributed by atoms with Gasteiger partial charge in [-0.05, 0) is 22.6 Å². The molecule has 0 atom stereocenters. The number of rotatable bonds is 3. The van der Waals surface area contributed by atoms with Gasteiger partial charge >= 0.3 is 5.97 Å². The van der Waals surface area contributed by atoms with Gasteiger partial charge in [0.05, 0.1) is 12.8 Å². The predicted molar refractivity (Wildman–Crippen MR) is 83.0 cm³/mol. The quantitative estimate of drug-likeness (QED) is 0.795. The Kier molecular flexibility index (Phi) is 4.08. The molecule has 3 rings (SSSR count). The van der Waals surface area contributed by atoms with Gasteiger partial charge in [-0.25, -0.2) is 9.48 Å². The summed E-state index contributed by atoms with van der Waals surface area (Å²) < 4.78 is 6.19. The Morgan fingerprint density at radius 3 is 3.09 bits per heavy atom. The molecule has 0 aromatic carbocycles. The molecular weight excluding hydrogens is 302 g/mol. The van der Waals surface area contributed by atoms with Crippen LogP contribution in [0.1, 0.15) is 26.5 Å². The Morgan fingerprint density at radius 2 is 2.32 bits per heavy atom. The monoisotopic (exact) mass is 319 g/mol. The third-order valence-electron chi connectivity index (χ3n) is 3.83. The van der Waals surface area contributed by atoms with Crippen molar-refractivity contribution in [2.24, 2.45) is 7.05 Å². The van der Waals surface area contributed by atoms with E-state index in [-0.39, 0.29) is 11.5 Å². The smallest absolute Gasteiger partial charge is 0.348 e. The second-order valence-electron chi connectivity index (χ2n) is 5.31. The average Bonchev–Trinajstić information content (AvgIpc) is 2.96. The first-order valence-corrected chi connectivity index (χ1v) is 7.89. The lowest BCUT2D eigenvalue weighted by atomic mass is 10.1. The molecule has 6 nitrogen and oxygen atoms in total. The molecule has 22 heavy (non-hydrogen) atoms. The van der Waals surface area contributed by atoms with Gasteiger partial charge in [-0.15, -0.1) is 11.3 Å². The highest BCUT2D eigenvalue weighted by Crippen LogP contribution is 2.23. The van der Waals surface area contributed by atoms with Crippen molar-refractivity contribution in [3.05, 3.63) is 49.6 Å². The summed E-state index contributed by atoms with van der Waals surface area (Å²) in [4.78, 5) is 26.3. The molecule has 116 valence electrons. The van der Waals surface area contributed by atoms with Crippen LogP contribution in [0.3, 0.4) is 0 Å². The second-order valence-corrected chi connectivity index (χ2v) is 6.22. The van der Waals surface area contributed by atoms with E-state index in [4.69, 9.17) is 4.74 Å². The maximum atomic E-state index is 11.7. The van der Waals surface area contributed by atoms with Crippen LogP contribution in [0.4, 0.5) is 0 Å². The molecule has 2 aromatic heterocycles. The highest BCUT2D eigenvalue weighted by molar-refractivity contribution is 7.12. The molecular formula is C15H17N3O3S. The molecule has 0 N–H and O–H groups in total. The van der Waals surface area contributed by atoms with E-state index in [0.717, 1.165) is 29.8 Å². The van der Waals surface area contributed by atoms with E-state index in [1.807, 2.05) is 11.4 Å². The molecule has 0 radical (unpaired) electrons. The predicted octanol–water partition coefficient (Wildman–Crippen LogP) is 1.19. The van der Waals surface area contributed by atoms with Gasteiger partial charge in [-0.1, -0.05) is 0 Å². The zero-order valence-electron chi connectivity index (χ0n) is 12.5. The SMILES string of the molecule is COC(=O)c1sccc1CN1CCc2nn(C)c(=O)cc2C1. The van der Waals surface area contributed by atoms with Gasteiger partial charge in [0, 0.05) is 39.2 Å². The Bertz CT molecular complexity index is 766. The fourth-order valence-electron chi connectivity index (χ4n) is 2.66. The van der Waals surface area contributed by atoms with Crippen LogP contribution >= 0.6 is 11.3 Å². The molecule has 0 saturated carbocycles. The standard InChI is InChI=1S/C15H17N3O3S/c1-17-13(19)7-11-9-18(5-3-12(11)16-17)8-10-4-6-22-14(10)15(20)21-2/h4,6-7H,3,5,8-9H2,1-2H3. The first-order valence-electron chi connectivity index (χ1n) is 7.01. The summed E-state index contributed by atoms with van der Waals surface area (Å²) in [5.74, 6) is -0.294. The first-order chi connectivity index (χ1) is 10.6. The number of carbonyl (C=O) groups is 1. The van der Waals surface area contributed by atoms with Crippen molar-refractivity contribution in [2.45, 2.75) is 19.5 Å². The lowest BCUT2D eigenvalue weighted by Gasteiger charge is -2.28. The molecule has 0 fully saturated rings. The molecule has 7 heteroatoms. The number of methoxy groups -OCH3 is 1. The summed E-state index contributed by atoms with van der Waals surface area (Å²) in [6.45, 7) is 2.20. The molecule has 0 spiro atoms. The zero-order chi connectivity index (χ0) is 15.7. The highest BCUT2D eigenvalue weighted by Gasteiger charge is 2.21. The summed E-state index contributed by atoms with van der Waals surface area (Å²) in [5.41, 5.74) is 2.84. The summed E-state index contributed by atoms with van der Waals surface area (Å²) in [6, 6.07) is 3.61. The molecule has 1 aliphatic rings. The van der Waals surface area contributed by atoms with Crippen LogP contribution < -0.4 is 5.56 Å². The Hall–Kier alpha value is -1.99. The van der Waals surface area contributed by atoms with Crippen LogP contribution in [-0.2, 0) is 31.3 Å². The lowest BCUT2D eigenvalue weighted by Crippen LogP contribution is -2.34. The Labute approximate surface area is 131 Å². The molecule has 0 amide bonds. The number of hydrogen-bond donors (Lipinski definition) is 0. The van der Waals surface area contributed by atoms with E-state index in [9.17, 15) is 9.59 Å². The third-order valence-corrected chi connectivity index (χ3v) is 4.77. The molecule has 2 aromatic rings. The fourth-order valence-corrected chi connectivity index (χ4v) is 3.49. The second kappa shape index (κ2) is 6.02. The first kappa shape index (κ1) is 14.9.